The number of hydrogen-bond acceptors (Lipinski definition) is 7. The number of rotatable bonds is 4. The van der Waals surface area contributed by atoms with Gasteiger partial charge < -0.3 is 25.5 Å². The average molecular weight is 431 g/mol. The molecule has 1 aromatic carbocycles. The molecule has 0 saturated carbocycles. The molecule has 2 rings (SSSR count). The Morgan fingerprint density at radius 2 is 2.00 bits per heavy atom. The minimum atomic E-state index is -1.42. The smallest absolute Gasteiger partial charge is 0.184 e. The molecule has 0 bridgehead atoms. The molecule has 126 valence electrons. The van der Waals surface area contributed by atoms with Crippen LogP contribution in [0.5, 0.6) is 11.5 Å². The quantitative estimate of drug-likeness (QED) is 0.709. The lowest BCUT2D eigenvalue weighted by atomic mass is 10.0. The minimum absolute atomic E-state index is 0.0858. The molecule has 0 aromatic heterocycles. The number of ether oxygens (including phenoxy) is 2. The maximum atomic E-state index is 11.9. The first-order chi connectivity index (χ1) is 10.7. The Bertz CT molecular complexity index is 671. The molecule has 1 aromatic rings. The van der Waals surface area contributed by atoms with Gasteiger partial charge in [0.25, 0.3) is 0 Å². The lowest BCUT2D eigenvalue weighted by Crippen LogP contribution is -2.51. The second-order valence-electron chi connectivity index (χ2n) is 5.69. The van der Waals surface area contributed by atoms with Crippen molar-refractivity contribution in [1.29, 1.82) is 0 Å². The van der Waals surface area contributed by atoms with Crippen LogP contribution in [0.1, 0.15) is 32.3 Å². The van der Waals surface area contributed by atoms with Crippen LogP contribution in [-0.2, 0) is 0 Å². The Hall–Kier alpha value is -1.52. The van der Waals surface area contributed by atoms with E-state index >= 15 is 0 Å². The van der Waals surface area contributed by atoms with Crippen molar-refractivity contribution in [2.24, 2.45) is 16.5 Å². The fraction of sp³-hybridized carbons (Fsp3) is 0.400. The van der Waals surface area contributed by atoms with E-state index in [-0.39, 0.29) is 17.5 Å². The van der Waals surface area contributed by atoms with Gasteiger partial charge in [0.1, 0.15) is 11.5 Å². The highest BCUT2D eigenvalue weighted by atomic mass is 127. The second-order valence-corrected chi connectivity index (χ2v) is 6.85. The summed E-state index contributed by atoms with van der Waals surface area (Å²) in [4.78, 5) is 3.97. The summed E-state index contributed by atoms with van der Waals surface area (Å²) < 4.78 is 12.1. The molecular weight excluding hydrogens is 411 g/mol. The van der Waals surface area contributed by atoms with Gasteiger partial charge in [-0.3, -0.25) is 5.73 Å². The van der Waals surface area contributed by atoms with Gasteiger partial charge in [0.05, 0.1) is 10.7 Å². The summed E-state index contributed by atoms with van der Waals surface area (Å²) in [6, 6.07) is 3.76. The molecule has 23 heavy (non-hydrogen) atoms. The van der Waals surface area contributed by atoms with Crippen molar-refractivity contribution in [1.82, 2.24) is 5.06 Å². The van der Waals surface area contributed by atoms with E-state index in [0.717, 1.165) is 14.9 Å². The number of nitrogens with two attached hydrogens (primary N) is 2. The second kappa shape index (κ2) is 6.54. The number of methoxy groups -OCH3 is 1. The van der Waals surface area contributed by atoms with Crippen molar-refractivity contribution in [2.45, 2.75) is 32.5 Å². The van der Waals surface area contributed by atoms with Crippen LogP contribution in [0.15, 0.2) is 29.1 Å². The van der Waals surface area contributed by atoms with Gasteiger partial charge in [-0.05, 0) is 47.6 Å². The Morgan fingerprint density at radius 3 is 2.57 bits per heavy atom. The molecule has 0 aliphatic carbocycles. The zero-order chi connectivity index (χ0) is 17.4. The fourth-order valence-electron chi connectivity index (χ4n) is 2.10. The molecule has 1 unspecified atom stereocenters. The SMILES string of the molecule is COc1cc(C(C)C)c(OC2=CN([O-])C(C)(N)N=C2N)cc1I. The Kier molecular flexibility index (Phi) is 5.07. The van der Waals surface area contributed by atoms with Gasteiger partial charge >= 0.3 is 0 Å². The Morgan fingerprint density at radius 1 is 1.35 bits per heavy atom. The Labute approximate surface area is 149 Å². The third kappa shape index (κ3) is 3.70. The van der Waals surface area contributed by atoms with E-state index in [1.54, 1.807) is 7.11 Å². The van der Waals surface area contributed by atoms with E-state index in [4.69, 9.17) is 20.9 Å². The highest BCUT2D eigenvalue weighted by Crippen LogP contribution is 2.35. The van der Waals surface area contributed by atoms with Gasteiger partial charge in [-0.1, -0.05) is 13.8 Å². The van der Waals surface area contributed by atoms with Gasteiger partial charge in [-0.2, -0.15) is 0 Å². The van der Waals surface area contributed by atoms with Crippen LogP contribution < -0.4 is 20.9 Å². The first-order valence-electron chi connectivity index (χ1n) is 7.04. The van der Waals surface area contributed by atoms with E-state index in [2.05, 4.69) is 27.6 Å². The van der Waals surface area contributed by atoms with Crippen LogP contribution in [0.2, 0.25) is 0 Å². The number of amidine groups is 1. The zero-order valence-corrected chi connectivity index (χ0v) is 15.6. The maximum Gasteiger partial charge on any atom is 0.184 e. The Balaban J connectivity index is 2.41. The van der Waals surface area contributed by atoms with E-state index in [1.807, 2.05) is 26.0 Å². The molecule has 1 atom stereocenters. The molecule has 1 aliphatic rings. The molecule has 7 nitrogen and oxygen atoms in total. The number of hydroxylamine groups is 2. The number of aliphatic imine (C=N–C) groups is 1. The number of nitrogens with zero attached hydrogens (tertiary/aromatic N) is 2. The largest absolute Gasteiger partial charge is 0.756 e. The zero-order valence-electron chi connectivity index (χ0n) is 13.5. The fourth-order valence-corrected chi connectivity index (χ4v) is 2.75. The molecule has 0 saturated heterocycles. The van der Waals surface area contributed by atoms with Crippen LogP contribution in [-0.4, -0.2) is 23.8 Å². The first kappa shape index (κ1) is 17.8. The molecule has 1 aliphatic heterocycles. The van der Waals surface area contributed by atoms with Crippen LogP contribution in [0, 0.1) is 8.78 Å². The van der Waals surface area contributed by atoms with Crippen molar-refractivity contribution >= 4 is 28.4 Å². The summed E-state index contributed by atoms with van der Waals surface area (Å²) in [5, 5.41) is 12.4. The van der Waals surface area contributed by atoms with Crippen molar-refractivity contribution in [3.05, 3.63) is 38.4 Å². The molecule has 4 N–H and O–H groups in total. The van der Waals surface area contributed by atoms with E-state index in [9.17, 15) is 5.21 Å². The van der Waals surface area contributed by atoms with Crippen LogP contribution in [0.3, 0.4) is 0 Å². The highest BCUT2D eigenvalue weighted by Gasteiger charge is 2.26. The van der Waals surface area contributed by atoms with Crippen LogP contribution in [0.4, 0.5) is 0 Å². The van der Waals surface area contributed by atoms with Gasteiger partial charge in [-0.25, -0.2) is 4.99 Å². The molecule has 0 radical (unpaired) electrons. The third-order valence-corrected chi connectivity index (χ3v) is 4.25. The lowest BCUT2D eigenvalue weighted by molar-refractivity contribution is 0.232. The molecule has 0 amide bonds. The molecular formula is C15H20IN4O3-. The highest BCUT2D eigenvalue weighted by molar-refractivity contribution is 14.1. The molecule has 0 spiro atoms. The summed E-state index contributed by atoms with van der Waals surface area (Å²) >= 11 is 2.16. The summed E-state index contributed by atoms with van der Waals surface area (Å²) in [6.45, 7) is 5.55. The van der Waals surface area contributed by atoms with Crippen molar-refractivity contribution in [2.75, 3.05) is 7.11 Å². The molecule has 0 fully saturated rings. The third-order valence-electron chi connectivity index (χ3n) is 3.41. The van der Waals surface area contributed by atoms with Gasteiger partial charge in [-0.15, -0.1) is 0 Å². The predicted octanol–water partition coefficient (Wildman–Crippen LogP) is 2.45. The van der Waals surface area contributed by atoms with E-state index < -0.39 is 5.79 Å². The van der Waals surface area contributed by atoms with Crippen molar-refractivity contribution < 1.29 is 9.47 Å². The van der Waals surface area contributed by atoms with E-state index in [0.29, 0.717) is 10.8 Å². The topological polar surface area (TPSA) is 109 Å². The van der Waals surface area contributed by atoms with Gasteiger partial charge in [0.2, 0.25) is 0 Å². The molecule has 1 heterocycles. The van der Waals surface area contributed by atoms with Gasteiger partial charge in [0, 0.05) is 11.8 Å². The van der Waals surface area contributed by atoms with Crippen LogP contribution >= 0.6 is 22.6 Å². The lowest BCUT2D eigenvalue weighted by Gasteiger charge is -2.42. The standard InChI is InChI=1S/C15H20IN4O3/c1-8(2)9-5-12(22-4)10(16)6-11(9)23-13-7-20(21)15(3,18)19-14(13)17/h5-8H,18H2,1-4H3,(H2,17,19)/q-1. The summed E-state index contributed by atoms with van der Waals surface area (Å²) in [7, 11) is 1.62. The van der Waals surface area contributed by atoms with Crippen LogP contribution in [0.25, 0.3) is 0 Å². The minimum Gasteiger partial charge on any atom is -0.756 e. The average Bonchev–Trinajstić information content (AvgIpc) is 2.44. The first-order valence-corrected chi connectivity index (χ1v) is 8.11. The predicted molar refractivity (Wildman–Crippen MR) is 97.9 cm³/mol. The summed E-state index contributed by atoms with van der Waals surface area (Å²) in [5.41, 5.74) is 12.5. The molecule has 8 heteroatoms. The monoisotopic (exact) mass is 431 g/mol. The normalized spacial score (nSPS) is 21.1. The number of hydrogen-bond donors (Lipinski definition) is 2. The van der Waals surface area contributed by atoms with Gasteiger partial charge in [0.15, 0.2) is 17.4 Å². The maximum absolute atomic E-state index is 11.9. The van der Waals surface area contributed by atoms with Crippen molar-refractivity contribution in [3.8, 4) is 11.5 Å². The summed E-state index contributed by atoms with van der Waals surface area (Å²) in [6.07, 6.45) is 1.21. The van der Waals surface area contributed by atoms with Crippen molar-refractivity contribution in [3.63, 3.8) is 0 Å². The number of halogens is 1. The van der Waals surface area contributed by atoms with E-state index in [1.165, 1.54) is 13.1 Å². The number of benzene rings is 1. The summed E-state index contributed by atoms with van der Waals surface area (Å²) in [5.74, 6) is 0.394.